The minimum absolute atomic E-state index is 0.0449. The van der Waals surface area contributed by atoms with E-state index in [0.29, 0.717) is 55.8 Å². The zero-order chi connectivity index (χ0) is 24.9. The number of rotatable bonds is 6. The van der Waals surface area contributed by atoms with Gasteiger partial charge in [0.15, 0.2) is 0 Å². The maximum absolute atomic E-state index is 13.1. The molecule has 2 saturated heterocycles. The second-order valence-corrected chi connectivity index (χ2v) is 9.32. The number of amides is 2. The van der Waals surface area contributed by atoms with Crippen LogP contribution in [0.2, 0.25) is 0 Å². The normalized spacial score (nSPS) is 17.2. The van der Waals surface area contributed by atoms with Gasteiger partial charge >= 0.3 is 0 Å². The minimum Gasteiger partial charge on any atom is -0.378 e. The lowest BCUT2D eigenvalue weighted by Gasteiger charge is -2.30. The van der Waals surface area contributed by atoms with Crippen molar-refractivity contribution in [2.75, 3.05) is 44.7 Å². The number of carbonyl (C=O) groups is 2. The monoisotopic (exact) mass is 489 g/mol. The van der Waals surface area contributed by atoms with Crippen molar-refractivity contribution in [3.05, 3.63) is 65.5 Å². The van der Waals surface area contributed by atoms with Crippen LogP contribution in [0.15, 0.2) is 53.1 Å². The summed E-state index contributed by atoms with van der Waals surface area (Å²) in [4.78, 5) is 34.6. The van der Waals surface area contributed by atoms with Crippen LogP contribution in [0.4, 0.5) is 5.69 Å². The third kappa shape index (κ3) is 5.47. The van der Waals surface area contributed by atoms with Gasteiger partial charge in [0.05, 0.1) is 31.0 Å². The van der Waals surface area contributed by atoms with Gasteiger partial charge in [0.2, 0.25) is 17.6 Å². The SMILES string of the molecule is Cc1ccccc1-c1noc(CN2CCC(C(=O)Nc3ccccc3C(=O)N3CCOCC3)CC2)n1. The molecule has 2 amide bonds. The lowest BCUT2D eigenvalue weighted by Crippen LogP contribution is -2.41. The van der Waals surface area contributed by atoms with Gasteiger partial charge in [0, 0.05) is 24.6 Å². The molecule has 3 aromatic rings. The number of aryl methyl sites for hydroxylation is 1. The van der Waals surface area contributed by atoms with Gasteiger partial charge in [-0.05, 0) is 50.6 Å². The van der Waals surface area contributed by atoms with Gasteiger partial charge in [-0.25, -0.2) is 0 Å². The number of carbonyl (C=O) groups excluding carboxylic acids is 2. The van der Waals surface area contributed by atoms with Gasteiger partial charge in [0.25, 0.3) is 5.91 Å². The van der Waals surface area contributed by atoms with Crippen LogP contribution in [-0.4, -0.2) is 71.1 Å². The molecule has 36 heavy (non-hydrogen) atoms. The van der Waals surface area contributed by atoms with Crippen LogP contribution < -0.4 is 5.32 Å². The summed E-state index contributed by atoms with van der Waals surface area (Å²) in [6, 6.07) is 15.2. The number of hydrogen-bond donors (Lipinski definition) is 1. The Hall–Kier alpha value is -3.56. The summed E-state index contributed by atoms with van der Waals surface area (Å²) in [7, 11) is 0. The number of hydrogen-bond acceptors (Lipinski definition) is 7. The van der Waals surface area contributed by atoms with Crippen molar-refractivity contribution in [3.8, 4) is 11.4 Å². The molecule has 2 aromatic carbocycles. The number of para-hydroxylation sites is 1. The number of anilines is 1. The van der Waals surface area contributed by atoms with Crippen molar-refractivity contribution in [1.29, 1.82) is 0 Å². The molecule has 2 fully saturated rings. The Morgan fingerprint density at radius 2 is 1.72 bits per heavy atom. The highest BCUT2D eigenvalue weighted by Crippen LogP contribution is 2.24. The van der Waals surface area contributed by atoms with Crippen LogP contribution >= 0.6 is 0 Å². The Labute approximate surface area is 210 Å². The Morgan fingerprint density at radius 1 is 1.00 bits per heavy atom. The van der Waals surface area contributed by atoms with Crippen molar-refractivity contribution >= 4 is 17.5 Å². The van der Waals surface area contributed by atoms with E-state index in [0.717, 1.165) is 37.1 Å². The van der Waals surface area contributed by atoms with E-state index in [1.807, 2.05) is 43.3 Å². The molecule has 0 radical (unpaired) electrons. The second kappa shape index (κ2) is 11.0. The molecule has 0 saturated carbocycles. The molecular weight excluding hydrogens is 458 g/mol. The predicted molar refractivity (Wildman–Crippen MR) is 134 cm³/mol. The van der Waals surface area contributed by atoms with Gasteiger partial charge in [-0.1, -0.05) is 41.6 Å². The van der Waals surface area contributed by atoms with Gasteiger partial charge in [0.1, 0.15) is 0 Å². The van der Waals surface area contributed by atoms with Gasteiger partial charge < -0.3 is 19.5 Å². The summed E-state index contributed by atoms with van der Waals surface area (Å²) < 4.78 is 10.8. The molecule has 2 aliphatic heterocycles. The molecule has 0 bridgehead atoms. The van der Waals surface area contributed by atoms with Crippen molar-refractivity contribution in [2.45, 2.75) is 26.3 Å². The first kappa shape index (κ1) is 24.1. The van der Waals surface area contributed by atoms with Crippen LogP contribution in [0.25, 0.3) is 11.4 Å². The number of piperidine rings is 1. The fourth-order valence-electron chi connectivity index (χ4n) is 4.75. The number of benzene rings is 2. The molecule has 5 rings (SSSR count). The molecule has 0 aliphatic carbocycles. The Bertz CT molecular complexity index is 1210. The zero-order valence-corrected chi connectivity index (χ0v) is 20.5. The van der Waals surface area contributed by atoms with Gasteiger partial charge in [-0.3, -0.25) is 14.5 Å². The Balaban J connectivity index is 1.15. The third-order valence-electron chi connectivity index (χ3n) is 6.88. The average molecular weight is 490 g/mol. The van der Waals surface area contributed by atoms with Crippen LogP contribution in [-0.2, 0) is 16.1 Å². The Kier molecular flexibility index (Phi) is 7.39. The largest absolute Gasteiger partial charge is 0.378 e. The maximum Gasteiger partial charge on any atom is 0.256 e. The van der Waals surface area contributed by atoms with E-state index >= 15 is 0 Å². The van der Waals surface area contributed by atoms with Gasteiger partial charge in [-0.2, -0.15) is 4.98 Å². The third-order valence-corrected chi connectivity index (χ3v) is 6.88. The molecule has 0 spiro atoms. The molecule has 0 unspecified atom stereocenters. The lowest BCUT2D eigenvalue weighted by molar-refractivity contribution is -0.121. The van der Waals surface area contributed by atoms with Crippen LogP contribution in [0.1, 0.15) is 34.7 Å². The minimum atomic E-state index is -0.113. The van der Waals surface area contributed by atoms with Gasteiger partial charge in [-0.15, -0.1) is 0 Å². The van der Waals surface area contributed by atoms with Crippen molar-refractivity contribution in [1.82, 2.24) is 19.9 Å². The average Bonchev–Trinajstić information content (AvgIpc) is 3.38. The van der Waals surface area contributed by atoms with E-state index in [2.05, 4.69) is 20.4 Å². The first-order chi connectivity index (χ1) is 17.6. The number of likely N-dealkylation sites (tertiary alicyclic amines) is 1. The second-order valence-electron chi connectivity index (χ2n) is 9.32. The predicted octanol–water partition coefficient (Wildman–Crippen LogP) is 3.37. The van der Waals surface area contributed by atoms with Crippen molar-refractivity contribution < 1.29 is 18.8 Å². The molecule has 1 N–H and O–H groups in total. The molecule has 2 aliphatic rings. The quantitative estimate of drug-likeness (QED) is 0.567. The number of aromatic nitrogens is 2. The van der Waals surface area contributed by atoms with Crippen molar-refractivity contribution in [2.24, 2.45) is 5.92 Å². The number of ether oxygens (including phenoxy) is 1. The topological polar surface area (TPSA) is 101 Å². The molecule has 1 aromatic heterocycles. The molecular formula is C27H31N5O4. The fourth-order valence-corrected chi connectivity index (χ4v) is 4.75. The standard InChI is InChI=1S/C27H31N5O4/c1-19-6-2-3-7-21(19)25-29-24(36-30-25)18-31-12-10-20(11-13-31)26(33)28-23-9-5-4-8-22(23)27(34)32-14-16-35-17-15-32/h2-9,20H,10-18H2,1H3,(H,28,33). The summed E-state index contributed by atoms with van der Waals surface area (Å²) in [5.74, 6) is 0.942. The Morgan fingerprint density at radius 3 is 2.50 bits per heavy atom. The number of nitrogens with one attached hydrogen (secondary N) is 1. The first-order valence-electron chi connectivity index (χ1n) is 12.5. The van der Waals surface area contributed by atoms with E-state index in [4.69, 9.17) is 9.26 Å². The first-order valence-corrected chi connectivity index (χ1v) is 12.5. The van der Waals surface area contributed by atoms with Crippen LogP contribution in [0.3, 0.4) is 0 Å². The molecule has 188 valence electrons. The van der Waals surface area contributed by atoms with Crippen LogP contribution in [0.5, 0.6) is 0 Å². The highest BCUT2D eigenvalue weighted by Gasteiger charge is 2.28. The maximum atomic E-state index is 13.1. The summed E-state index contributed by atoms with van der Waals surface area (Å²) in [5, 5.41) is 7.16. The van der Waals surface area contributed by atoms with E-state index in [1.165, 1.54) is 0 Å². The number of morpholine rings is 1. The van der Waals surface area contributed by atoms with E-state index < -0.39 is 0 Å². The summed E-state index contributed by atoms with van der Waals surface area (Å²) in [5.41, 5.74) is 3.15. The van der Waals surface area contributed by atoms with E-state index in [-0.39, 0.29) is 17.7 Å². The lowest BCUT2D eigenvalue weighted by atomic mass is 9.95. The summed E-state index contributed by atoms with van der Waals surface area (Å²) in [6.07, 6.45) is 1.45. The highest BCUT2D eigenvalue weighted by atomic mass is 16.5. The summed E-state index contributed by atoms with van der Waals surface area (Å²) in [6.45, 7) is 6.30. The van der Waals surface area contributed by atoms with E-state index in [1.54, 1.807) is 17.0 Å². The summed E-state index contributed by atoms with van der Waals surface area (Å²) >= 11 is 0. The molecule has 9 heteroatoms. The molecule has 3 heterocycles. The molecule has 0 atom stereocenters. The van der Waals surface area contributed by atoms with Crippen molar-refractivity contribution in [3.63, 3.8) is 0 Å². The zero-order valence-electron chi connectivity index (χ0n) is 20.5. The van der Waals surface area contributed by atoms with E-state index in [9.17, 15) is 9.59 Å². The fraction of sp³-hybridized carbons (Fsp3) is 0.407. The number of nitrogens with zero attached hydrogens (tertiary/aromatic N) is 4. The molecule has 9 nitrogen and oxygen atoms in total. The van der Waals surface area contributed by atoms with Crippen LogP contribution in [0, 0.1) is 12.8 Å². The highest BCUT2D eigenvalue weighted by molar-refractivity contribution is 6.04. The smallest absolute Gasteiger partial charge is 0.256 e.